The van der Waals surface area contributed by atoms with E-state index in [1.165, 1.54) is 0 Å². The molecule has 0 spiro atoms. The lowest BCUT2D eigenvalue weighted by molar-refractivity contribution is -0.683. The second kappa shape index (κ2) is 7.30. The van der Waals surface area contributed by atoms with Crippen LogP contribution >= 0.6 is 0 Å². The largest absolute Gasteiger partial charge is 0.287 e. The molecule has 4 heteroatoms. The lowest BCUT2D eigenvalue weighted by Gasteiger charge is -2.03. The maximum Gasteiger partial charge on any atom is 0.227 e. The standard InChI is InChI=1S/C23H17N2O2/c26-22(18-7-2-1-3-8-18)16-25-13-12-24-21(15-25)23(27)20-11-10-17-6-4-5-9-19(17)14-20/h1-15H,16H2/q+1. The van der Waals surface area contributed by atoms with Gasteiger partial charge in [0, 0.05) is 11.1 Å². The fourth-order valence-corrected chi connectivity index (χ4v) is 3.01. The van der Waals surface area contributed by atoms with Crippen LogP contribution in [0.15, 0.2) is 91.4 Å². The van der Waals surface area contributed by atoms with Crippen LogP contribution in [0.2, 0.25) is 0 Å². The molecule has 1 aromatic heterocycles. The summed E-state index contributed by atoms with van der Waals surface area (Å²) in [4.78, 5) is 29.4. The highest BCUT2D eigenvalue weighted by atomic mass is 16.1. The lowest BCUT2D eigenvalue weighted by Crippen LogP contribution is -2.38. The van der Waals surface area contributed by atoms with Crippen LogP contribution in [0.5, 0.6) is 0 Å². The molecule has 0 aliphatic carbocycles. The number of Topliss-reactive ketones (excluding diaryl/α,β-unsaturated/α-hetero) is 1. The molecule has 0 saturated heterocycles. The summed E-state index contributed by atoms with van der Waals surface area (Å²) in [6.07, 6.45) is 4.86. The molecule has 4 aromatic rings. The highest BCUT2D eigenvalue weighted by molar-refractivity contribution is 6.09. The van der Waals surface area contributed by atoms with E-state index in [0.29, 0.717) is 16.8 Å². The number of benzene rings is 3. The molecule has 0 amide bonds. The summed E-state index contributed by atoms with van der Waals surface area (Å²) in [5, 5.41) is 2.09. The third-order valence-electron chi connectivity index (χ3n) is 4.43. The molecule has 1 heterocycles. The molecule has 0 saturated carbocycles. The molecule has 0 atom stereocenters. The van der Waals surface area contributed by atoms with E-state index in [-0.39, 0.29) is 18.1 Å². The molecule has 27 heavy (non-hydrogen) atoms. The first-order valence-corrected chi connectivity index (χ1v) is 8.67. The van der Waals surface area contributed by atoms with Gasteiger partial charge in [-0.25, -0.2) is 4.98 Å². The molecule has 130 valence electrons. The van der Waals surface area contributed by atoms with Gasteiger partial charge in [0.1, 0.15) is 0 Å². The molecule has 3 aromatic carbocycles. The second-order valence-corrected chi connectivity index (χ2v) is 6.29. The van der Waals surface area contributed by atoms with Crippen LogP contribution in [0.1, 0.15) is 26.4 Å². The Morgan fingerprint density at radius 2 is 1.56 bits per heavy atom. The predicted octanol–water partition coefficient (Wildman–Crippen LogP) is 3.64. The zero-order valence-electron chi connectivity index (χ0n) is 14.6. The third kappa shape index (κ3) is 3.65. The minimum atomic E-state index is -0.165. The van der Waals surface area contributed by atoms with E-state index in [1.807, 2.05) is 54.6 Å². The topological polar surface area (TPSA) is 50.9 Å². The first-order valence-electron chi connectivity index (χ1n) is 8.67. The van der Waals surface area contributed by atoms with E-state index < -0.39 is 0 Å². The van der Waals surface area contributed by atoms with E-state index in [2.05, 4.69) is 4.98 Å². The minimum absolute atomic E-state index is 0.0177. The maximum atomic E-state index is 12.8. The smallest absolute Gasteiger partial charge is 0.227 e. The number of ketones is 2. The van der Waals surface area contributed by atoms with Gasteiger partial charge in [0.25, 0.3) is 0 Å². The van der Waals surface area contributed by atoms with Gasteiger partial charge >= 0.3 is 0 Å². The van der Waals surface area contributed by atoms with Crippen LogP contribution in [0.25, 0.3) is 10.8 Å². The molecule has 4 nitrogen and oxygen atoms in total. The van der Waals surface area contributed by atoms with Crippen molar-refractivity contribution in [2.75, 3.05) is 0 Å². The van der Waals surface area contributed by atoms with Crippen LogP contribution in [-0.2, 0) is 6.54 Å². The van der Waals surface area contributed by atoms with Crippen molar-refractivity contribution in [3.8, 4) is 0 Å². The Kier molecular flexibility index (Phi) is 4.54. The molecule has 0 aliphatic rings. The Balaban J connectivity index is 1.59. The maximum absolute atomic E-state index is 12.8. The molecule has 0 aliphatic heterocycles. The molecule has 0 N–H and O–H groups in total. The van der Waals surface area contributed by atoms with Gasteiger partial charge in [0.2, 0.25) is 18.1 Å². The van der Waals surface area contributed by atoms with Crippen molar-refractivity contribution < 1.29 is 14.2 Å². The van der Waals surface area contributed by atoms with Crippen LogP contribution < -0.4 is 4.57 Å². The monoisotopic (exact) mass is 353 g/mol. The number of hydrogen-bond acceptors (Lipinski definition) is 3. The highest BCUT2D eigenvalue weighted by Crippen LogP contribution is 2.17. The molecule has 4 rings (SSSR count). The van der Waals surface area contributed by atoms with Gasteiger partial charge in [0.05, 0.1) is 6.20 Å². The average Bonchev–Trinajstić information content (AvgIpc) is 2.73. The van der Waals surface area contributed by atoms with Crippen LogP contribution in [0.3, 0.4) is 0 Å². The number of aromatic nitrogens is 2. The van der Waals surface area contributed by atoms with Crippen molar-refractivity contribution in [1.29, 1.82) is 0 Å². The summed E-state index contributed by atoms with van der Waals surface area (Å²) in [5.41, 5.74) is 1.53. The average molecular weight is 353 g/mol. The quantitative estimate of drug-likeness (QED) is 0.407. The number of rotatable bonds is 5. The first-order chi connectivity index (χ1) is 13.2. The van der Waals surface area contributed by atoms with E-state index in [9.17, 15) is 9.59 Å². The number of hydrogen-bond donors (Lipinski definition) is 0. The lowest BCUT2D eigenvalue weighted by atomic mass is 10.0. The van der Waals surface area contributed by atoms with E-state index >= 15 is 0 Å². The van der Waals surface area contributed by atoms with Gasteiger partial charge < -0.3 is 0 Å². The van der Waals surface area contributed by atoms with Crippen LogP contribution in [-0.4, -0.2) is 16.6 Å². The summed E-state index contributed by atoms with van der Waals surface area (Å²) in [5.74, 6) is -0.182. The Hall–Kier alpha value is -3.66. The van der Waals surface area contributed by atoms with Gasteiger partial charge in [-0.1, -0.05) is 66.7 Å². The first kappa shape index (κ1) is 16.8. The molecule has 0 fully saturated rings. The number of nitrogens with zero attached hydrogens (tertiary/aromatic N) is 2. The van der Waals surface area contributed by atoms with Gasteiger partial charge in [-0.3, -0.25) is 9.59 Å². The van der Waals surface area contributed by atoms with E-state index in [0.717, 1.165) is 10.8 Å². The fraction of sp³-hybridized carbons (Fsp3) is 0.0435. The summed E-state index contributed by atoms with van der Waals surface area (Å²) in [7, 11) is 0. The SMILES string of the molecule is O=C(C[n+]1ccnc(C(=O)c2ccc3ccccc3c2)c1)c1ccccc1. The Morgan fingerprint density at radius 3 is 2.37 bits per heavy atom. The summed E-state index contributed by atoms with van der Waals surface area (Å²) >= 11 is 0. The van der Waals surface area contributed by atoms with Gasteiger partial charge in [0.15, 0.2) is 18.1 Å². The van der Waals surface area contributed by atoms with Crippen molar-refractivity contribution in [1.82, 2.24) is 4.98 Å². The van der Waals surface area contributed by atoms with Crippen molar-refractivity contribution in [3.63, 3.8) is 0 Å². The van der Waals surface area contributed by atoms with E-state index in [1.54, 1.807) is 41.4 Å². The predicted molar refractivity (Wildman–Crippen MR) is 103 cm³/mol. The van der Waals surface area contributed by atoms with Crippen LogP contribution in [0.4, 0.5) is 0 Å². The molecule has 0 radical (unpaired) electrons. The number of fused-ring (bicyclic) bond motifs is 1. The molecule has 0 bridgehead atoms. The van der Waals surface area contributed by atoms with Crippen molar-refractivity contribution >= 4 is 22.3 Å². The summed E-state index contributed by atoms with van der Waals surface area (Å²) in [6, 6.07) is 22.6. The van der Waals surface area contributed by atoms with Crippen LogP contribution in [0, 0.1) is 0 Å². The van der Waals surface area contributed by atoms with Gasteiger partial charge in [-0.2, -0.15) is 4.57 Å². The van der Waals surface area contributed by atoms with Crippen molar-refractivity contribution in [3.05, 3.63) is 108 Å². The van der Waals surface area contributed by atoms with Gasteiger partial charge in [-0.15, -0.1) is 0 Å². The Bertz CT molecular complexity index is 1140. The molecule has 0 unspecified atom stereocenters. The normalized spacial score (nSPS) is 10.7. The molecular formula is C23H17N2O2+. The highest BCUT2D eigenvalue weighted by Gasteiger charge is 2.17. The number of carbonyl (C=O) groups is 2. The molecular weight excluding hydrogens is 336 g/mol. The Morgan fingerprint density at radius 1 is 0.815 bits per heavy atom. The van der Waals surface area contributed by atoms with Gasteiger partial charge in [-0.05, 0) is 16.8 Å². The summed E-state index contributed by atoms with van der Waals surface area (Å²) in [6.45, 7) is 0.157. The number of carbonyl (C=O) groups excluding carboxylic acids is 2. The van der Waals surface area contributed by atoms with E-state index in [4.69, 9.17) is 0 Å². The Labute approximate surface area is 156 Å². The van der Waals surface area contributed by atoms with Crippen molar-refractivity contribution in [2.45, 2.75) is 6.54 Å². The zero-order chi connectivity index (χ0) is 18.6. The third-order valence-corrected chi connectivity index (χ3v) is 4.43. The fourth-order valence-electron chi connectivity index (χ4n) is 3.01. The minimum Gasteiger partial charge on any atom is -0.287 e. The van der Waals surface area contributed by atoms with Crippen molar-refractivity contribution in [2.24, 2.45) is 0 Å². The zero-order valence-corrected chi connectivity index (χ0v) is 14.6. The second-order valence-electron chi connectivity index (χ2n) is 6.29. The summed E-state index contributed by atoms with van der Waals surface area (Å²) < 4.78 is 1.69.